The summed E-state index contributed by atoms with van der Waals surface area (Å²) in [6.45, 7) is 5.55. The van der Waals surface area contributed by atoms with Crippen LogP contribution in [0.3, 0.4) is 0 Å². The molecule has 0 atom stereocenters. The molecule has 3 rings (SSSR count). The number of rotatable bonds is 8. The van der Waals surface area contributed by atoms with Gasteiger partial charge < -0.3 is 9.30 Å². The third-order valence-corrected chi connectivity index (χ3v) is 4.61. The van der Waals surface area contributed by atoms with Crippen LogP contribution in [-0.4, -0.2) is 21.0 Å². The molecule has 0 N–H and O–H groups in total. The van der Waals surface area contributed by atoms with Crippen molar-refractivity contribution >= 4 is 11.6 Å². The molecule has 3 aromatic rings. The molecule has 0 aliphatic rings. The zero-order valence-corrected chi connectivity index (χ0v) is 16.4. The highest BCUT2D eigenvalue weighted by Crippen LogP contribution is 2.31. The normalized spacial score (nSPS) is 10.9. The third-order valence-electron chi connectivity index (χ3n) is 4.30. The SMILES string of the molecule is CCCCOc1ccc(-c2cnn(-c3ccc(=O)n(CCC)c3)c2)c(Cl)c1. The van der Waals surface area contributed by atoms with E-state index in [0.717, 1.165) is 41.8 Å². The van der Waals surface area contributed by atoms with Gasteiger partial charge in [-0.25, -0.2) is 4.68 Å². The van der Waals surface area contributed by atoms with Crippen molar-refractivity contribution in [3.63, 3.8) is 0 Å². The minimum absolute atomic E-state index is 0.00492. The first-order valence-electron chi connectivity index (χ1n) is 9.30. The Morgan fingerprint density at radius 3 is 2.70 bits per heavy atom. The van der Waals surface area contributed by atoms with Gasteiger partial charge >= 0.3 is 0 Å². The van der Waals surface area contributed by atoms with Crippen LogP contribution < -0.4 is 10.3 Å². The molecular formula is C21H24ClN3O2. The van der Waals surface area contributed by atoms with Crippen LogP contribution in [0.25, 0.3) is 16.8 Å². The molecule has 0 aliphatic carbocycles. The van der Waals surface area contributed by atoms with Gasteiger partial charge in [0, 0.05) is 36.1 Å². The van der Waals surface area contributed by atoms with Gasteiger partial charge in [-0.1, -0.05) is 31.9 Å². The number of hydrogen-bond donors (Lipinski definition) is 0. The third kappa shape index (κ3) is 4.61. The second-order valence-electron chi connectivity index (χ2n) is 6.44. The standard InChI is InChI=1S/C21H24ClN3O2/c1-3-5-11-27-18-7-8-19(20(22)12-18)16-13-23-25(14-16)17-6-9-21(26)24(15-17)10-4-2/h6-9,12-15H,3-5,10-11H2,1-2H3. The first kappa shape index (κ1) is 19.2. The van der Waals surface area contributed by atoms with E-state index in [2.05, 4.69) is 12.0 Å². The van der Waals surface area contributed by atoms with Crippen LogP contribution in [0.1, 0.15) is 33.1 Å². The number of unbranched alkanes of at least 4 members (excludes halogenated alkanes) is 1. The molecule has 0 bridgehead atoms. The number of nitrogens with zero attached hydrogens (tertiary/aromatic N) is 3. The summed E-state index contributed by atoms with van der Waals surface area (Å²) < 4.78 is 9.16. The predicted octanol–water partition coefficient (Wildman–Crippen LogP) is 4.94. The van der Waals surface area contributed by atoms with E-state index in [1.807, 2.05) is 37.5 Å². The van der Waals surface area contributed by atoms with Gasteiger partial charge in [-0.2, -0.15) is 5.10 Å². The summed E-state index contributed by atoms with van der Waals surface area (Å²) in [4.78, 5) is 11.9. The van der Waals surface area contributed by atoms with E-state index >= 15 is 0 Å². The molecule has 6 heteroatoms. The Kier molecular flexibility index (Phi) is 6.35. The molecule has 0 unspecified atom stereocenters. The highest BCUT2D eigenvalue weighted by atomic mass is 35.5. The quantitative estimate of drug-likeness (QED) is 0.516. The van der Waals surface area contributed by atoms with Gasteiger partial charge in [0.2, 0.25) is 0 Å². The van der Waals surface area contributed by atoms with Crippen LogP contribution in [-0.2, 0) is 6.54 Å². The summed E-state index contributed by atoms with van der Waals surface area (Å²) in [5.41, 5.74) is 2.64. The average Bonchev–Trinajstić information content (AvgIpc) is 3.14. The van der Waals surface area contributed by atoms with Gasteiger partial charge in [0.15, 0.2) is 0 Å². The summed E-state index contributed by atoms with van der Waals surface area (Å²) in [5.74, 6) is 0.774. The summed E-state index contributed by atoms with van der Waals surface area (Å²) in [5, 5.41) is 5.05. The Balaban J connectivity index is 1.83. The van der Waals surface area contributed by atoms with E-state index in [1.54, 1.807) is 27.6 Å². The molecule has 1 aromatic carbocycles. The van der Waals surface area contributed by atoms with Crippen molar-refractivity contribution in [2.75, 3.05) is 6.61 Å². The van der Waals surface area contributed by atoms with Crippen molar-refractivity contribution in [3.05, 3.63) is 64.3 Å². The maximum atomic E-state index is 11.9. The minimum atomic E-state index is -0.00492. The van der Waals surface area contributed by atoms with Crippen LogP contribution >= 0.6 is 11.6 Å². The van der Waals surface area contributed by atoms with E-state index in [1.165, 1.54) is 0 Å². The Bertz CT molecular complexity index is 962. The molecule has 0 aliphatic heterocycles. The lowest BCUT2D eigenvalue weighted by molar-refractivity contribution is 0.309. The fourth-order valence-corrected chi connectivity index (χ4v) is 3.11. The number of ether oxygens (including phenoxy) is 1. The predicted molar refractivity (Wildman–Crippen MR) is 109 cm³/mol. The van der Waals surface area contributed by atoms with Crippen molar-refractivity contribution in [2.45, 2.75) is 39.7 Å². The molecule has 0 radical (unpaired) electrons. The fraction of sp³-hybridized carbons (Fsp3) is 0.333. The van der Waals surface area contributed by atoms with Crippen LogP contribution in [0.2, 0.25) is 5.02 Å². The van der Waals surface area contributed by atoms with Gasteiger partial charge in [-0.3, -0.25) is 4.79 Å². The molecule has 27 heavy (non-hydrogen) atoms. The minimum Gasteiger partial charge on any atom is -0.494 e. The summed E-state index contributed by atoms with van der Waals surface area (Å²) in [6, 6.07) is 9.06. The Hall–Kier alpha value is -2.53. The number of benzene rings is 1. The summed E-state index contributed by atoms with van der Waals surface area (Å²) in [6.07, 6.45) is 8.52. The monoisotopic (exact) mass is 385 g/mol. The van der Waals surface area contributed by atoms with Crippen LogP contribution in [0.4, 0.5) is 0 Å². The molecule has 2 aromatic heterocycles. The lowest BCUT2D eigenvalue weighted by atomic mass is 10.1. The van der Waals surface area contributed by atoms with Gasteiger partial charge in [0.1, 0.15) is 5.75 Å². The second kappa shape index (κ2) is 8.91. The van der Waals surface area contributed by atoms with Crippen molar-refractivity contribution in [1.82, 2.24) is 14.3 Å². The lowest BCUT2D eigenvalue weighted by Gasteiger charge is -2.08. The Labute approximate surface area is 164 Å². The zero-order valence-electron chi connectivity index (χ0n) is 15.7. The van der Waals surface area contributed by atoms with Crippen molar-refractivity contribution in [1.29, 1.82) is 0 Å². The maximum absolute atomic E-state index is 11.9. The molecule has 142 valence electrons. The number of aryl methyl sites for hydroxylation is 1. The number of pyridine rings is 1. The van der Waals surface area contributed by atoms with Crippen molar-refractivity contribution < 1.29 is 4.74 Å². The largest absolute Gasteiger partial charge is 0.494 e. The number of hydrogen-bond acceptors (Lipinski definition) is 3. The molecule has 5 nitrogen and oxygen atoms in total. The zero-order chi connectivity index (χ0) is 19.2. The van der Waals surface area contributed by atoms with Gasteiger partial charge in [-0.05, 0) is 37.1 Å². The second-order valence-corrected chi connectivity index (χ2v) is 6.84. The smallest absolute Gasteiger partial charge is 0.250 e. The summed E-state index contributed by atoms with van der Waals surface area (Å²) in [7, 11) is 0. The lowest BCUT2D eigenvalue weighted by Crippen LogP contribution is -2.19. The molecular weight excluding hydrogens is 362 g/mol. The molecule has 0 fully saturated rings. The average molecular weight is 386 g/mol. The van der Waals surface area contributed by atoms with Gasteiger partial charge in [0.25, 0.3) is 5.56 Å². The molecule has 0 saturated heterocycles. The molecule has 2 heterocycles. The van der Waals surface area contributed by atoms with Crippen LogP contribution in [0, 0.1) is 0 Å². The topological polar surface area (TPSA) is 49.1 Å². The van der Waals surface area contributed by atoms with E-state index in [0.29, 0.717) is 18.2 Å². The molecule has 0 saturated carbocycles. The van der Waals surface area contributed by atoms with Gasteiger partial charge in [0.05, 0.1) is 23.5 Å². The summed E-state index contributed by atoms with van der Waals surface area (Å²) >= 11 is 6.46. The Morgan fingerprint density at radius 1 is 1.11 bits per heavy atom. The fourth-order valence-electron chi connectivity index (χ4n) is 2.83. The first-order valence-corrected chi connectivity index (χ1v) is 9.68. The maximum Gasteiger partial charge on any atom is 0.250 e. The van der Waals surface area contributed by atoms with Crippen LogP contribution in [0.15, 0.2) is 53.7 Å². The van der Waals surface area contributed by atoms with E-state index in [9.17, 15) is 4.79 Å². The van der Waals surface area contributed by atoms with Gasteiger partial charge in [-0.15, -0.1) is 0 Å². The molecule has 0 amide bonds. The van der Waals surface area contributed by atoms with E-state index in [-0.39, 0.29) is 5.56 Å². The van der Waals surface area contributed by atoms with Crippen molar-refractivity contribution in [3.8, 4) is 22.6 Å². The highest BCUT2D eigenvalue weighted by Gasteiger charge is 2.09. The highest BCUT2D eigenvalue weighted by molar-refractivity contribution is 6.33. The van der Waals surface area contributed by atoms with Crippen molar-refractivity contribution in [2.24, 2.45) is 0 Å². The molecule has 0 spiro atoms. The number of aromatic nitrogens is 3. The number of halogens is 1. The first-order chi connectivity index (χ1) is 13.1. The Morgan fingerprint density at radius 2 is 1.96 bits per heavy atom. The van der Waals surface area contributed by atoms with E-state index < -0.39 is 0 Å². The van der Waals surface area contributed by atoms with E-state index in [4.69, 9.17) is 16.3 Å². The van der Waals surface area contributed by atoms with Crippen LogP contribution in [0.5, 0.6) is 5.75 Å².